The maximum atomic E-state index is 2.23. The summed E-state index contributed by atoms with van der Waals surface area (Å²) in [6.45, 7) is 4.46. The first-order valence-corrected chi connectivity index (χ1v) is 2.91. The summed E-state index contributed by atoms with van der Waals surface area (Å²) in [5.41, 5.74) is 0. The van der Waals surface area contributed by atoms with Crippen molar-refractivity contribution in [1.29, 1.82) is 0 Å². The van der Waals surface area contributed by atoms with Gasteiger partial charge in [-0.2, -0.15) is 0 Å². The lowest BCUT2D eigenvalue weighted by Gasteiger charge is -1.86. The molecule has 0 saturated heterocycles. The predicted octanol–water partition coefficient (Wildman–Crippen LogP) is 2.35. The normalized spacial score (nSPS) is 6.75. The Morgan fingerprint density at radius 3 is 1.12 bits per heavy atom. The van der Waals surface area contributed by atoms with E-state index in [1.54, 1.807) is 0 Å². The zero-order valence-corrected chi connectivity index (χ0v) is 5.64. The van der Waals surface area contributed by atoms with Crippen LogP contribution in [0.5, 0.6) is 0 Å². The standard InChI is InChI=1S/C6H14.2O/c1-3-5-6-4-2;;/h3-6H2,1-2H3;;. The number of rotatable bonds is 3. The molecule has 4 radical (unpaired) electrons. The van der Waals surface area contributed by atoms with Crippen LogP contribution in [0.15, 0.2) is 0 Å². The Labute approximate surface area is 51.5 Å². The van der Waals surface area contributed by atoms with Gasteiger partial charge in [-0.3, -0.25) is 0 Å². The summed E-state index contributed by atoms with van der Waals surface area (Å²) in [6, 6.07) is 0. The van der Waals surface area contributed by atoms with Crippen LogP contribution in [0.4, 0.5) is 0 Å². The third kappa shape index (κ3) is 16.8. The van der Waals surface area contributed by atoms with E-state index >= 15 is 0 Å². The van der Waals surface area contributed by atoms with E-state index in [1.807, 2.05) is 0 Å². The highest BCUT2D eigenvalue weighted by atomic mass is 16.0. The van der Waals surface area contributed by atoms with Gasteiger partial charge in [0.05, 0.1) is 0 Å². The molecule has 0 aliphatic heterocycles. The molecule has 0 heterocycles. The molecule has 2 nitrogen and oxygen atoms in total. The fourth-order valence-electron chi connectivity index (χ4n) is 0.500. The molecular formula is C6H14O2. The van der Waals surface area contributed by atoms with Crippen molar-refractivity contribution in [1.82, 2.24) is 0 Å². The largest absolute Gasteiger partial charge is 0.0654 e. The van der Waals surface area contributed by atoms with E-state index in [4.69, 9.17) is 0 Å². The molecule has 0 bridgehead atoms. The predicted molar refractivity (Wildman–Crippen MR) is 31.2 cm³/mol. The molecule has 0 aliphatic carbocycles. The highest BCUT2D eigenvalue weighted by Gasteiger charge is 1.75. The second-order valence-electron chi connectivity index (χ2n) is 1.71. The third-order valence-electron chi connectivity index (χ3n) is 0.957. The molecule has 0 rings (SSSR count). The van der Waals surface area contributed by atoms with E-state index in [0.717, 1.165) is 0 Å². The zero-order valence-electron chi connectivity index (χ0n) is 5.64. The second kappa shape index (κ2) is 15.8. The number of unbranched alkanes of at least 4 members (excludes halogenated alkanes) is 3. The first-order valence-electron chi connectivity index (χ1n) is 2.91. The van der Waals surface area contributed by atoms with E-state index < -0.39 is 0 Å². The van der Waals surface area contributed by atoms with Gasteiger partial charge in [-0.15, -0.1) is 0 Å². The molecule has 8 heavy (non-hydrogen) atoms. The van der Waals surface area contributed by atoms with Crippen LogP contribution in [0.1, 0.15) is 39.5 Å². The van der Waals surface area contributed by atoms with Gasteiger partial charge in [0, 0.05) is 11.0 Å². The van der Waals surface area contributed by atoms with Crippen LogP contribution in [0.3, 0.4) is 0 Å². The van der Waals surface area contributed by atoms with E-state index in [0.29, 0.717) is 0 Å². The van der Waals surface area contributed by atoms with Crippen LogP contribution in [-0.4, -0.2) is 0 Å². The smallest absolute Gasteiger partial charge is 0 e. The number of hydrogen-bond donors (Lipinski definition) is 0. The maximum Gasteiger partial charge on any atom is 0 e. The Bertz CT molecular complexity index is 18.5. The molecule has 0 saturated carbocycles. The van der Waals surface area contributed by atoms with E-state index in [9.17, 15) is 0 Å². The monoisotopic (exact) mass is 118 g/mol. The minimum atomic E-state index is 0. The van der Waals surface area contributed by atoms with Crippen molar-refractivity contribution >= 4 is 0 Å². The molecule has 50 valence electrons. The summed E-state index contributed by atoms with van der Waals surface area (Å²) in [5.74, 6) is 0. The molecule has 0 aromatic heterocycles. The summed E-state index contributed by atoms with van der Waals surface area (Å²) in [7, 11) is 0. The van der Waals surface area contributed by atoms with Crippen molar-refractivity contribution in [2.24, 2.45) is 0 Å². The fourth-order valence-corrected chi connectivity index (χ4v) is 0.500. The average molecular weight is 118 g/mol. The summed E-state index contributed by atoms with van der Waals surface area (Å²) in [6.07, 6.45) is 5.54. The molecule has 0 N–H and O–H groups in total. The van der Waals surface area contributed by atoms with Crippen LogP contribution in [0, 0.1) is 0 Å². The number of hydrogen-bond acceptors (Lipinski definition) is 0. The highest BCUT2D eigenvalue weighted by Crippen LogP contribution is 1.95. The van der Waals surface area contributed by atoms with Crippen molar-refractivity contribution in [3.63, 3.8) is 0 Å². The lowest BCUT2D eigenvalue weighted by Crippen LogP contribution is -1.66. The maximum absolute atomic E-state index is 2.23. The van der Waals surface area contributed by atoms with Gasteiger partial charge in [0.25, 0.3) is 0 Å². The van der Waals surface area contributed by atoms with Crippen LogP contribution < -0.4 is 0 Å². The molecule has 2 heteroatoms. The minimum Gasteiger partial charge on any atom is -0.0654 e. The van der Waals surface area contributed by atoms with E-state index in [-0.39, 0.29) is 11.0 Å². The highest BCUT2D eigenvalue weighted by molar-refractivity contribution is 4.31. The Morgan fingerprint density at radius 1 is 0.750 bits per heavy atom. The molecule has 0 spiro atoms. The quantitative estimate of drug-likeness (QED) is 0.511. The lowest BCUT2D eigenvalue weighted by molar-refractivity contribution is 0.686. The summed E-state index contributed by atoms with van der Waals surface area (Å²) in [5, 5.41) is 0. The lowest BCUT2D eigenvalue weighted by atomic mass is 10.2. The Balaban J connectivity index is -0.000000125. The third-order valence-corrected chi connectivity index (χ3v) is 0.957. The summed E-state index contributed by atoms with van der Waals surface area (Å²) >= 11 is 0. The first kappa shape index (κ1) is 15.7. The SMILES string of the molecule is CCCCCC.[O].[O]. The minimum absolute atomic E-state index is 0. The van der Waals surface area contributed by atoms with Crippen molar-refractivity contribution in [2.45, 2.75) is 39.5 Å². The zero-order chi connectivity index (χ0) is 4.83. The Hall–Kier alpha value is -0.0800. The van der Waals surface area contributed by atoms with Gasteiger partial charge in [-0.1, -0.05) is 39.5 Å². The average Bonchev–Trinajstić information content (AvgIpc) is 1.61. The van der Waals surface area contributed by atoms with Crippen LogP contribution in [0.2, 0.25) is 0 Å². The Morgan fingerprint density at radius 2 is 1.00 bits per heavy atom. The molecule has 0 unspecified atom stereocenters. The van der Waals surface area contributed by atoms with Crippen LogP contribution in [-0.2, 0) is 11.0 Å². The summed E-state index contributed by atoms with van der Waals surface area (Å²) in [4.78, 5) is 0. The van der Waals surface area contributed by atoms with Gasteiger partial charge in [0.2, 0.25) is 0 Å². The molecule has 0 amide bonds. The van der Waals surface area contributed by atoms with Gasteiger partial charge >= 0.3 is 0 Å². The van der Waals surface area contributed by atoms with Gasteiger partial charge in [-0.25, -0.2) is 0 Å². The van der Waals surface area contributed by atoms with Crippen LogP contribution >= 0.6 is 0 Å². The summed E-state index contributed by atoms with van der Waals surface area (Å²) < 4.78 is 0. The molecule has 0 atom stereocenters. The van der Waals surface area contributed by atoms with Crippen LogP contribution in [0.25, 0.3) is 0 Å². The van der Waals surface area contributed by atoms with Crippen molar-refractivity contribution < 1.29 is 11.0 Å². The van der Waals surface area contributed by atoms with Gasteiger partial charge in [0.1, 0.15) is 0 Å². The van der Waals surface area contributed by atoms with Crippen molar-refractivity contribution in [3.05, 3.63) is 0 Å². The second-order valence-corrected chi connectivity index (χ2v) is 1.71. The van der Waals surface area contributed by atoms with Gasteiger partial charge in [-0.05, 0) is 0 Å². The molecule has 0 aliphatic rings. The molecule has 0 aromatic rings. The van der Waals surface area contributed by atoms with E-state index in [2.05, 4.69) is 13.8 Å². The van der Waals surface area contributed by atoms with Gasteiger partial charge < -0.3 is 0 Å². The molecule has 0 aromatic carbocycles. The van der Waals surface area contributed by atoms with E-state index in [1.165, 1.54) is 25.7 Å². The topological polar surface area (TPSA) is 57.0 Å². The van der Waals surface area contributed by atoms with Crippen molar-refractivity contribution in [2.75, 3.05) is 0 Å². The Kier molecular flexibility index (Phi) is 30.9. The molecule has 0 fully saturated rings. The first-order chi connectivity index (χ1) is 2.91. The molecular weight excluding hydrogens is 104 g/mol. The van der Waals surface area contributed by atoms with Crippen molar-refractivity contribution in [3.8, 4) is 0 Å². The fraction of sp³-hybridized carbons (Fsp3) is 1.00. The van der Waals surface area contributed by atoms with Gasteiger partial charge in [0.15, 0.2) is 0 Å².